The molecule has 6 nitrogen and oxygen atoms in total. The number of halogens is 1. The van der Waals surface area contributed by atoms with Crippen molar-refractivity contribution in [2.24, 2.45) is 0 Å². The standard InChI is InChI=1S/C21H20BrN3O3S/c1-2-10-24(21-23-16-5-3-4-6-17(16)29-21)18(26)9-11-25-19(27)14-8-7-13(22)12-15(14)20(25)28/h2,7-8,12H,1,3-6,9-11H2. The highest BCUT2D eigenvalue weighted by atomic mass is 79.9. The van der Waals surface area contributed by atoms with E-state index in [9.17, 15) is 14.4 Å². The molecule has 8 heteroatoms. The van der Waals surface area contributed by atoms with E-state index in [4.69, 9.17) is 0 Å². The molecule has 0 saturated carbocycles. The fourth-order valence-corrected chi connectivity index (χ4v) is 5.21. The summed E-state index contributed by atoms with van der Waals surface area (Å²) in [5, 5.41) is 0.674. The number of anilines is 1. The number of hydrogen-bond donors (Lipinski definition) is 0. The van der Waals surface area contributed by atoms with Gasteiger partial charge in [-0.15, -0.1) is 17.9 Å². The van der Waals surface area contributed by atoms with E-state index in [2.05, 4.69) is 27.5 Å². The normalized spacial score (nSPS) is 15.3. The van der Waals surface area contributed by atoms with Crippen molar-refractivity contribution < 1.29 is 14.4 Å². The van der Waals surface area contributed by atoms with E-state index >= 15 is 0 Å². The molecule has 0 fully saturated rings. The number of aryl methyl sites for hydroxylation is 2. The second-order valence-electron chi connectivity index (χ2n) is 7.07. The van der Waals surface area contributed by atoms with Gasteiger partial charge in [0.1, 0.15) is 0 Å². The highest BCUT2D eigenvalue weighted by Crippen LogP contribution is 2.32. The average molecular weight is 474 g/mol. The first-order valence-corrected chi connectivity index (χ1v) is 11.2. The molecule has 2 aromatic rings. The van der Waals surface area contributed by atoms with Crippen LogP contribution in [0.5, 0.6) is 0 Å². The largest absolute Gasteiger partial charge is 0.284 e. The van der Waals surface area contributed by atoms with Crippen LogP contribution in [0.3, 0.4) is 0 Å². The van der Waals surface area contributed by atoms with Crippen LogP contribution < -0.4 is 4.90 Å². The number of fused-ring (bicyclic) bond motifs is 2. The number of rotatable bonds is 6. The van der Waals surface area contributed by atoms with Crippen molar-refractivity contribution in [2.45, 2.75) is 32.1 Å². The third kappa shape index (κ3) is 3.79. The molecule has 4 rings (SSSR count). The van der Waals surface area contributed by atoms with Crippen LogP contribution in [0.15, 0.2) is 35.3 Å². The van der Waals surface area contributed by atoms with Crippen molar-refractivity contribution in [1.82, 2.24) is 9.88 Å². The van der Waals surface area contributed by atoms with Crippen molar-refractivity contribution in [3.8, 4) is 0 Å². The van der Waals surface area contributed by atoms with Gasteiger partial charge < -0.3 is 0 Å². The van der Waals surface area contributed by atoms with Crippen molar-refractivity contribution >= 4 is 50.1 Å². The highest BCUT2D eigenvalue weighted by Gasteiger charge is 2.36. The van der Waals surface area contributed by atoms with E-state index in [1.165, 1.54) is 4.88 Å². The minimum Gasteiger partial charge on any atom is -0.284 e. The monoisotopic (exact) mass is 473 g/mol. The molecule has 0 bridgehead atoms. The van der Waals surface area contributed by atoms with Gasteiger partial charge in [-0.25, -0.2) is 4.98 Å². The van der Waals surface area contributed by atoms with Crippen LogP contribution in [-0.4, -0.2) is 40.7 Å². The topological polar surface area (TPSA) is 70.6 Å². The summed E-state index contributed by atoms with van der Waals surface area (Å²) in [4.78, 5) is 46.8. The van der Waals surface area contributed by atoms with E-state index < -0.39 is 0 Å². The van der Waals surface area contributed by atoms with E-state index in [1.54, 1.807) is 40.5 Å². The van der Waals surface area contributed by atoms with Gasteiger partial charge in [0.05, 0.1) is 16.8 Å². The lowest BCUT2D eigenvalue weighted by atomic mass is 10.0. The summed E-state index contributed by atoms with van der Waals surface area (Å²) in [7, 11) is 0. The Hall–Kier alpha value is -2.32. The SMILES string of the molecule is C=CCN(C(=O)CCN1C(=O)c2ccc(Br)cc2C1=O)c1nc2c(s1)CCCC2. The maximum Gasteiger partial charge on any atom is 0.261 e. The van der Waals surface area contributed by atoms with Gasteiger partial charge in [-0.1, -0.05) is 22.0 Å². The Balaban J connectivity index is 1.48. The van der Waals surface area contributed by atoms with Gasteiger partial charge in [-0.2, -0.15) is 0 Å². The van der Waals surface area contributed by atoms with E-state index in [0.29, 0.717) is 22.8 Å². The summed E-state index contributed by atoms with van der Waals surface area (Å²) >= 11 is 4.88. The van der Waals surface area contributed by atoms with Crippen molar-refractivity contribution in [3.05, 3.63) is 57.0 Å². The minimum atomic E-state index is -0.362. The average Bonchev–Trinajstić information content (AvgIpc) is 3.24. The molecule has 1 aliphatic carbocycles. The van der Waals surface area contributed by atoms with Gasteiger partial charge in [-0.3, -0.25) is 24.2 Å². The van der Waals surface area contributed by atoms with E-state index in [-0.39, 0.29) is 30.7 Å². The Bertz CT molecular complexity index is 993. The number of carbonyl (C=O) groups excluding carboxylic acids is 3. The molecule has 1 aromatic carbocycles. The quantitative estimate of drug-likeness (QED) is 0.469. The van der Waals surface area contributed by atoms with Gasteiger partial charge >= 0.3 is 0 Å². The maximum atomic E-state index is 12.9. The fourth-order valence-electron chi connectivity index (χ4n) is 3.68. The van der Waals surface area contributed by atoms with Crippen LogP contribution in [0.4, 0.5) is 5.13 Å². The van der Waals surface area contributed by atoms with Gasteiger partial charge in [0.2, 0.25) is 5.91 Å². The van der Waals surface area contributed by atoms with Gasteiger partial charge in [0.15, 0.2) is 5.13 Å². The molecule has 0 atom stereocenters. The minimum absolute atomic E-state index is 0.0432. The third-order valence-corrected chi connectivity index (χ3v) is 6.83. The van der Waals surface area contributed by atoms with E-state index in [1.807, 2.05) is 0 Å². The van der Waals surface area contributed by atoms with Crippen LogP contribution in [0, 0.1) is 0 Å². The van der Waals surface area contributed by atoms with Gasteiger partial charge in [-0.05, 0) is 43.9 Å². The Morgan fingerprint density at radius 1 is 1.24 bits per heavy atom. The van der Waals surface area contributed by atoms with Gasteiger partial charge in [0, 0.05) is 28.9 Å². The third-order valence-electron chi connectivity index (χ3n) is 5.16. The Kier molecular flexibility index (Phi) is 5.65. The Morgan fingerprint density at radius 2 is 2.00 bits per heavy atom. The molecule has 0 spiro atoms. The molecule has 0 radical (unpaired) electrons. The lowest BCUT2D eigenvalue weighted by Gasteiger charge is -2.20. The Labute approximate surface area is 181 Å². The van der Waals surface area contributed by atoms with E-state index in [0.717, 1.165) is 40.7 Å². The van der Waals surface area contributed by atoms with Crippen LogP contribution in [0.25, 0.3) is 0 Å². The van der Waals surface area contributed by atoms with Crippen LogP contribution in [-0.2, 0) is 17.6 Å². The first-order valence-electron chi connectivity index (χ1n) is 9.55. The molecule has 0 N–H and O–H groups in total. The first-order chi connectivity index (χ1) is 14.0. The second kappa shape index (κ2) is 8.20. The summed E-state index contributed by atoms with van der Waals surface area (Å²) in [6.07, 6.45) is 5.95. The summed E-state index contributed by atoms with van der Waals surface area (Å²) in [5.74, 6) is -0.891. The number of hydrogen-bond acceptors (Lipinski definition) is 5. The molecule has 1 aromatic heterocycles. The molecular formula is C21H20BrN3O3S. The zero-order valence-corrected chi connectivity index (χ0v) is 18.2. The maximum absolute atomic E-state index is 12.9. The smallest absolute Gasteiger partial charge is 0.261 e. The predicted molar refractivity (Wildman–Crippen MR) is 115 cm³/mol. The van der Waals surface area contributed by atoms with Crippen LogP contribution in [0.1, 0.15) is 50.5 Å². The number of aromatic nitrogens is 1. The molecule has 2 heterocycles. The molecule has 150 valence electrons. The highest BCUT2D eigenvalue weighted by molar-refractivity contribution is 9.10. The summed E-state index contributed by atoms with van der Waals surface area (Å²) in [5.41, 5.74) is 1.83. The van der Waals surface area contributed by atoms with Crippen molar-refractivity contribution in [1.29, 1.82) is 0 Å². The molecule has 0 unspecified atom stereocenters. The van der Waals surface area contributed by atoms with Crippen LogP contribution in [0.2, 0.25) is 0 Å². The summed E-state index contributed by atoms with van der Waals surface area (Å²) < 4.78 is 0.736. The molecule has 2 aliphatic rings. The number of nitrogens with zero attached hydrogens (tertiary/aromatic N) is 3. The van der Waals surface area contributed by atoms with Crippen molar-refractivity contribution in [2.75, 3.05) is 18.0 Å². The molecule has 3 amide bonds. The predicted octanol–water partition coefficient (Wildman–Crippen LogP) is 3.99. The van der Waals surface area contributed by atoms with Gasteiger partial charge in [0.25, 0.3) is 11.8 Å². The Morgan fingerprint density at radius 3 is 2.76 bits per heavy atom. The number of thiazole rings is 1. The van der Waals surface area contributed by atoms with Crippen LogP contribution >= 0.6 is 27.3 Å². The number of carbonyl (C=O) groups is 3. The summed E-state index contributed by atoms with van der Waals surface area (Å²) in [6.45, 7) is 4.14. The number of amides is 3. The number of imide groups is 1. The zero-order valence-electron chi connectivity index (χ0n) is 15.8. The molecule has 29 heavy (non-hydrogen) atoms. The molecule has 0 saturated heterocycles. The summed E-state index contributed by atoms with van der Waals surface area (Å²) in [6, 6.07) is 5.00. The molecule has 1 aliphatic heterocycles. The number of benzene rings is 1. The first kappa shape index (κ1) is 20.0. The lowest BCUT2D eigenvalue weighted by molar-refractivity contribution is -0.118. The fraction of sp³-hybridized carbons (Fsp3) is 0.333. The zero-order chi connectivity index (χ0) is 20.5. The second-order valence-corrected chi connectivity index (χ2v) is 9.05. The molecular weight excluding hydrogens is 454 g/mol. The van der Waals surface area contributed by atoms with Crippen molar-refractivity contribution in [3.63, 3.8) is 0 Å². The lowest BCUT2D eigenvalue weighted by Crippen LogP contribution is -2.37.